The van der Waals surface area contributed by atoms with Crippen molar-refractivity contribution in [3.05, 3.63) is 29.3 Å². The van der Waals surface area contributed by atoms with Gasteiger partial charge in [0.1, 0.15) is 12.1 Å². The number of sulfonamides is 1. The number of amides is 3. The summed E-state index contributed by atoms with van der Waals surface area (Å²) in [6.45, 7) is 8.42. The van der Waals surface area contributed by atoms with E-state index in [1.807, 2.05) is 38.1 Å². The van der Waals surface area contributed by atoms with E-state index < -0.39 is 45.9 Å². The first kappa shape index (κ1) is 29.6. The number of hydrogen-bond acceptors (Lipinski definition) is 8. The third-order valence-corrected chi connectivity index (χ3v) is 10.6. The van der Waals surface area contributed by atoms with Gasteiger partial charge in [0.05, 0.1) is 22.5 Å². The summed E-state index contributed by atoms with van der Waals surface area (Å²) in [5, 5.41) is 5.94. The van der Waals surface area contributed by atoms with E-state index in [2.05, 4.69) is 20.3 Å². The maximum atomic E-state index is 14.0. The molecule has 2 aliphatic heterocycles. The minimum Gasteiger partial charge on any atom is -0.356 e. The maximum Gasteiger partial charge on any atom is 0.243 e. The van der Waals surface area contributed by atoms with Gasteiger partial charge in [-0.3, -0.25) is 19.2 Å². The highest BCUT2D eigenvalue weighted by atomic mass is 32.2. The van der Waals surface area contributed by atoms with Gasteiger partial charge in [0.15, 0.2) is 5.01 Å². The van der Waals surface area contributed by atoms with Gasteiger partial charge < -0.3 is 15.5 Å². The van der Waals surface area contributed by atoms with Crippen LogP contribution in [0.4, 0.5) is 0 Å². The van der Waals surface area contributed by atoms with E-state index >= 15 is 0 Å². The standard InChI is InChI=1S/C28H37N5O6S2/c1-14(2)21(32-41(5,38)39)27(37)33-13-16-20(28(16,3)4)22(33)25(36)30-18(12-15-10-11-29-24(15)35)23(34)26-31-17-8-6-7-9-19(17)40-26/h6-9,14-16,18,20-22,32H,10-13H2,1-5H3,(H,29,35)(H,30,36)/t15-,16-,18-,20-,21-,22-/m0/s1. The molecule has 3 heterocycles. The lowest BCUT2D eigenvalue weighted by molar-refractivity contribution is -0.142. The molecule has 2 saturated heterocycles. The van der Waals surface area contributed by atoms with Crippen molar-refractivity contribution in [1.82, 2.24) is 25.2 Å². The summed E-state index contributed by atoms with van der Waals surface area (Å²) in [5.74, 6) is -2.31. The van der Waals surface area contributed by atoms with Crippen LogP contribution in [0.15, 0.2) is 24.3 Å². The first-order valence-electron chi connectivity index (χ1n) is 13.9. The van der Waals surface area contributed by atoms with Crippen LogP contribution in [0.1, 0.15) is 50.3 Å². The van der Waals surface area contributed by atoms with Gasteiger partial charge >= 0.3 is 0 Å². The fourth-order valence-corrected chi connectivity index (χ4v) is 8.26. The number of aromatic nitrogens is 1. The molecule has 0 unspecified atom stereocenters. The Labute approximate surface area is 243 Å². The average Bonchev–Trinajstić information content (AvgIpc) is 3.40. The van der Waals surface area contributed by atoms with Crippen LogP contribution in [0.5, 0.6) is 0 Å². The van der Waals surface area contributed by atoms with E-state index in [0.29, 0.717) is 25.0 Å². The zero-order valence-electron chi connectivity index (χ0n) is 23.8. The molecule has 1 aromatic carbocycles. The van der Waals surface area contributed by atoms with E-state index in [1.54, 1.807) is 13.8 Å². The highest BCUT2D eigenvalue weighted by Gasteiger charge is 2.69. The second kappa shape index (κ2) is 10.7. The number of carbonyl (C=O) groups is 4. The number of ketones is 1. The van der Waals surface area contributed by atoms with Crippen LogP contribution in [-0.2, 0) is 24.4 Å². The number of likely N-dealkylation sites (tertiary alicyclic amines) is 1. The summed E-state index contributed by atoms with van der Waals surface area (Å²) in [6.07, 6.45) is 1.67. The minimum absolute atomic E-state index is 0.0762. The van der Waals surface area contributed by atoms with Crippen molar-refractivity contribution in [2.45, 2.75) is 58.7 Å². The van der Waals surface area contributed by atoms with Crippen LogP contribution in [-0.4, -0.2) is 79.3 Å². The van der Waals surface area contributed by atoms with Gasteiger partial charge in [-0.25, -0.2) is 18.1 Å². The van der Waals surface area contributed by atoms with Crippen molar-refractivity contribution in [2.24, 2.45) is 29.1 Å². The number of para-hydroxylation sites is 1. The molecule has 41 heavy (non-hydrogen) atoms. The maximum absolute atomic E-state index is 14.0. The molecule has 1 aromatic heterocycles. The van der Waals surface area contributed by atoms with Gasteiger partial charge in [-0.1, -0.05) is 39.8 Å². The van der Waals surface area contributed by atoms with E-state index in [0.717, 1.165) is 11.0 Å². The second-order valence-electron chi connectivity index (χ2n) is 12.4. The zero-order chi connectivity index (χ0) is 29.9. The zero-order valence-corrected chi connectivity index (χ0v) is 25.5. The molecule has 1 saturated carbocycles. The van der Waals surface area contributed by atoms with E-state index in [4.69, 9.17) is 0 Å². The number of piperidine rings is 1. The number of nitrogens with one attached hydrogen (secondary N) is 3. The number of carbonyl (C=O) groups excluding carboxylic acids is 4. The fourth-order valence-electron chi connectivity index (χ4n) is 6.46. The Morgan fingerprint density at radius 3 is 2.54 bits per heavy atom. The summed E-state index contributed by atoms with van der Waals surface area (Å²) >= 11 is 1.24. The Hall–Kier alpha value is -2.90. The Morgan fingerprint density at radius 1 is 1.22 bits per heavy atom. The summed E-state index contributed by atoms with van der Waals surface area (Å²) in [5.41, 5.74) is 0.492. The first-order valence-corrected chi connectivity index (χ1v) is 16.7. The van der Waals surface area contributed by atoms with Gasteiger partial charge in [0, 0.05) is 19.0 Å². The lowest BCUT2D eigenvalue weighted by Gasteiger charge is -2.34. The van der Waals surface area contributed by atoms with Crippen LogP contribution in [0.3, 0.4) is 0 Å². The predicted molar refractivity (Wildman–Crippen MR) is 154 cm³/mol. The van der Waals surface area contributed by atoms with Gasteiger partial charge in [-0.2, -0.15) is 0 Å². The second-order valence-corrected chi connectivity index (χ2v) is 15.2. The normalized spacial score (nSPS) is 26.5. The predicted octanol–water partition coefficient (Wildman–Crippen LogP) is 1.55. The van der Waals surface area contributed by atoms with Gasteiger partial charge in [0.25, 0.3) is 0 Å². The van der Waals surface area contributed by atoms with Crippen molar-refractivity contribution < 1.29 is 27.6 Å². The molecule has 11 nitrogen and oxygen atoms in total. The molecule has 5 rings (SSSR count). The van der Waals surface area contributed by atoms with Crippen molar-refractivity contribution >= 4 is 55.1 Å². The van der Waals surface area contributed by atoms with E-state index in [9.17, 15) is 27.6 Å². The Bertz CT molecular complexity index is 1470. The smallest absolute Gasteiger partial charge is 0.243 e. The molecule has 0 spiro atoms. The number of nitrogens with zero attached hydrogens (tertiary/aromatic N) is 2. The molecular formula is C28H37N5O6S2. The van der Waals surface area contributed by atoms with Gasteiger partial charge in [-0.05, 0) is 48.1 Å². The van der Waals surface area contributed by atoms with Crippen molar-refractivity contribution in [1.29, 1.82) is 0 Å². The van der Waals surface area contributed by atoms with E-state index in [1.165, 1.54) is 16.2 Å². The van der Waals surface area contributed by atoms with Gasteiger partial charge in [-0.15, -0.1) is 11.3 Å². The summed E-state index contributed by atoms with van der Waals surface area (Å²) in [6, 6.07) is 4.48. The molecule has 0 bridgehead atoms. The van der Waals surface area contributed by atoms with Crippen molar-refractivity contribution in [2.75, 3.05) is 19.3 Å². The number of benzene rings is 1. The molecule has 222 valence electrons. The summed E-state index contributed by atoms with van der Waals surface area (Å²) < 4.78 is 27.3. The molecule has 3 fully saturated rings. The van der Waals surface area contributed by atoms with Crippen LogP contribution >= 0.6 is 11.3 Å². The Kier molecular flexibility index (Phi) is 7.75. The lowest BCUT2D eigenvalue weighted by Crippen LogP contribution is -2.58. The highest BCUT2D eigenvalue weighted by Crippen LogP contribution is 2.65. The van der Waals surface area contributed by atoms with Crippen LogP contribution in [0.25, 0.3) is 10.2 Å². The Balaban J connectivity index is 1.43. The third-order valence-electron chi connectivity index (χ3n) is 8.85. The van der Waals surface area contributed by atoms with Crippen LogP contribution in [0, 0.1) is 29.1 Å². The van der Waals surface area contributed by atoms with Crippen LogP contribution < -0.4 is 15.4 Å². The molecule has 6 atom stereocenters. The molecule has 0 radical (unpaired) electrons. The fraction of sp³-hybridized carbons (Fsp3) is 0.607. The molecule has 1 aliphatic carbocycles. The largest absolute Gasteiger partial charge is 0.356 e. The third kappa shape index (κ3) is 5.76. The number of fused-ring (bicyclic) bond motifs is 2. The van der Waals surface area contributed by atoms with Crippen LogP contribution in [0.2, 0.25) is 0 Å². The molecule has 3 N–H and O–H groups in total. The monoisotopic (exact) mass is 603 g/mol. The first-order chi connectivity index (χ1) is 19.2. The molecule has 3 amide bonds. The average molecular weight is 604 g/mol. The minimum atomic E-state index is -3.68. The van der Waals surface area contributed by atoms with Gasteiger partial charge in [0.2, 0.25) is 33.5 Å². The Morgan fingerprint density at radius 2 is 1.93 bits per heavy atom. The van der Waals surface area contributed by atoms with E-state index in [-0.39, 0.29) is 46.3 Å². The molecule has 2 aromatic rings. The lowest BCUT2D eigenvalue weighted by atomic mass is 9.94. The SMILES string of the molecule is CC(C)[C@H](NS(C)(=O)=O)C(=O)N1C[C@H]2[C@@H]([C@H]1C(=O)N[C@@H](C[C@@H]1CCNC1=O)C(=O)c1nc3ccccc3s1)C2(C)C. The van der Waals surface area contributed by atoms with Crippen molar-refractivity contribution in [3.63, 3.8) is 0 Å². The molecule has 3 aliphatic rings. The summed E-state index contributed by atoms with van der Waals surface area (Å²) in [4.78, 5) is 59.9. The number of Topliss-reactive ketones (excluding diaryl/α,β-unsaturated/α-hetero) is 1. The number of rotatable bonds is 10. The quantitative estimate of drug-likeness (QED) is 0.348. The van der Waals surface area contributed by atoms with Crippen molar-refractivity contribution in [3.8, 4) is 0 Å². The number of hydrogen-bond donors (Lipinski definition) is 3. The molecular weight excluding hydrogens is 566 g/mol. The summed E-state index contributed by atoms with van der Waals surface area (Å²) in [7, 11) is -3.68. The highest BCUT2D eigenvalue weighted by molar-refractivity contribution is 7.88. The molecule has 13 heteroatoms. The topological polar surface area (TPSA) is 155 Å². The number of thiazole rings is 1.